The Morgan fingerprint density at radius 1 is 1.45 bits per heavy atom. The summed E-state index contributed by atoms with van der Waals surface area (Å²) in [6.07, 6.45) is 0. The van der Waals surface area contributed by atoms with E-state index < -0.39 is 0 Å². The Morgan fingerprint density at radius 2 is 2.15 bits per heavy atom. The van der Waals surface area contributed by atoms with E-state index in [2.05, 4.69) is 22.1 Å². The molecular formula is C13H21N3O3S. The predicted molar refractivity (Wildman–Crippen MR) is 77.0 cm³/mol. The van der Waals surface area contributed by atoms with E-state index in [0.29, 0.717) is 17.2 Å². The number of thiazole rings is 1. The van der Waals surface area contributed by atoms with Gasteiger partial charge in [0.1, 0.15) is 9.88 Å². The van der Waals surface area contributed by atoms with Crippen LogP contribution in [0, 0.1) is 0 Å². The number of carbonyl (C=O) groups is 1. The monoisotopic (exact) mass is 299 g/mol. The Kier molecular flexibility index (Phi) is 5.47. The molecule has 1 aromatic heterocycles. The normalized spacial score (nSPS) is 17.9. The summed E-state index contributed by atoms with van der Waals surface area (Å²) in [5, 5.41) is 4.28. The molecule has 1 aliphatic heterocycles. The molecule has 1 atom stereocenters. The lowest BCUT2D eigenvalue weighted by molar-refractivity contribution is 0.0601. The molecule has 0 aromatic carbocycles. The molecule has 6 nitrogen and oxygen atoms in total. The van der Waals surface area contributed by atoms with E-state index in [9.17, 15) is 4.79 Å². The molecule has 1 unspecified atom stereocenters. The minimum Gasteiger partial charge on any atom is -0.465 e. The van der Waals surface area contributed by atoms with Crippen molar-refractivity contribution in [2.24, 2.45) is 0 Å². The first kappa shape index (κ1) is 15.4. The summed E-state index contributed by atoms with van der Waals surface area (Å²) >= 11 is 1.41. The second kappa shape index (κ2) is 7.12. The van der Waals surface area contributed by atoms with Crippen LogP contribution in [0.1, 0.15) is 33.3 Å². The van der Waals surface area contributed by atoms with E-state index in [1.807, 2.05) is 0 Å². The number of nitrogens with one attached hydrogen (secondary N) is 1. The van der Waals surface area contributed by atoms with Crippen molar-refractivity contribution < 1.29 is 14.3 Å². The molecule has 112 valence electrons. The highest BCUT2D eigenvalue weighted by Crippen LogP contribution is 2.28. The number of rotatable bonds is 5. The van der Waals surface area contributed by atoms with Crippen molar-refractivity contribution in [1.29, 1.82) is 0 Å². The summed E-state index contributed by atoms with van der Waals surface area (Å²) < 4.78 is 9.93. The molecule has 2 heterocycles. The van der Waals surface area contributed by atoms with Gasteiger partial charge in [-0.15, -0.1) is 11.3 Å². The van der Waals surface area contributed by atoms with Gasteiger partial charge >= 0.3 is 5.97 Å². The second-order valence-electron chi connectivity index (χ2n) is 4.71. The molecule has 0 bridgehead atoms. The van der Waals surface area contributed by atoms with Gasteiger partial charge in [-0.3, -0.25) is 4.90 Å². The van der Waals surface area contributed by atoms with Crippen molar-refractivity contribution in [3.63, 3.8) is 0 Å². The number of nitrogens with zero attached hydrogens (tertiary/aromatic N) is 2. The Balaban J connectivity index is 2.20. The fourth-order valence-corrected chi connectivity index (χ4v) is 3.33. The number of methoxy groups -OCH3 is 2. The zero-order chi connectivity index (χ0) is 14.5. The van der Waals surface area contributed by atoms with Crippen LogP contribution in [0.3, 0.4) is 0 Å². The van der Waals surface area contributed by atoms with E-state index in [-0.39, 0.29) is 12.0 Å². The van der Waals surface area contributed by atoms with Crippen LogP contribution in [0.15, 0.2) is 0 Å². The number of hydrogen-bond acceptors (Lipinski definition) is 7. The molecule has 0 saturated carbocycles. The molecule has 0 radical (unpaired) electrons. The molecule has 1 N–H and O–H groups in total. The van der Waals surface area contributed by atoms with E-state index in [4.69, 9.17) is 9.47 Å². The molecule has 20 heavy (non-hydrogen) atoms. The van der Waals surface area contributed by atoms with Crippen LogP contribution in [0.25, 0.3) is 0 Å². The molecule has 0 aliphatic carbocycles. The molecule has 2 rings (SSSR count). The van der Waals surface area contributed by atoms with E-state index in [1.165, 1.54) is 18.4 Å². The zero-order valence-corrected chi connectivity index (χ0v) is 13.0. The van der Waals surface area contributed by atoms with Gasteiger partial charge in [-0.2, -0.15) is 0 Å². The van der Waals surface area contributed by atoms with Gasteiger partial charge in [0.25, 0.3) is 0 Å². The number of piperazine rings is 1. The maximum atomic E-state index is 11.8. The fraction of sp³-hybridized carbons (Fsp3) is 0.692. The molecule has 0 spiro atoms. The molecular weight excluding hydrogens is 278 g/mol. The van der Waals surface area contributed by atoms with Gasteiger partial charge in [0, 0.05) is 33.3 Å². The quantitative estimate of drug-likeness (QED) is 0.820. The third kappa shape index (κ3) is 3.35. The van der Waals surface area contributed by atoms with E-state index in [1.54, 1.807) is 7.11 Å². The van der Waals surface area contributed by atoms with Gasteiger partial charge in [-0.25, -0.2) is 9.78 Å². The van der Waals surface area contributed by atoms with Crippen LogP contribution in [0.4, 0.5) is 0 Å². The van der Waals surface area contributed by atoms with Gasteiger partial charge in [0.05, 0.1) is 25.5 Å². The molecule has 7 heteroatoms. The summed E-state index contributed by atoms with van der Waals surface area (Å²) in [5.74, 6) is -0.340. The molecule has 1 aliphatic rings. The minimum atomic E-state index is -0.340. The Labute approximate surface area is 123 Å². The Hall–Kier alpha value is -1.02. The molecule has 1 saturated heterocycles. The van der Waals surface area contributed by atoms with E-state index in [0.717, 1.165) is 31.2 Å². The van der Waals surface area contributed by atoms with Gasteiger partial charge < -0.3 is 14.8 Å². The van der Waals surface area contributed by atoms with Crippen LogP contribution < -0.4 is 5.32 Å². The van der Waals surface area contributed by atoms with E-state index >= 15 is 0 Å². The standard InChI is InChI=1S/C13H21N3O3S/c1-9(16-6-4-14-5-7-16)12-15-10(8-18-2)11(20-12)13(17)19-3/h9,14H,4-8H2,1-3H3. The lowest BCUT2D eigenvalue weighted by Crippen LogP contribution is -2.44. The first-order chi connectivity index (χ1) is 9.67. The largest absolute Gasteiger partial charge is 0.465 e. The van der Waals surface area contributed by atoms with Crippen LogP contribution in [-0.4, -0.2) is 56.3 Å². The van der Waals surface area contributed by atoms with Gasteiger partial charge in [0.2, 0.25) is 0 Å². The fourth-order valence-electron chi connectivity index (χ4n) is 2.26. The lowest BCUT2D eigenvalue weighted by Gasteiger charge is -2.31. The SMILES string of the molecule is COCc1nc(C(C)N2CCNCC2)sc1C(=O)OC. The highest BCUT2D eigenvalue weighted by molar-refractivity contribution is 7.13. The molecule has 1 aromatic rings. The van der Waals surface area contributed by atoms with Crippen molar-refractivity contribution in [1.82, 2.24) is 15.2 Å². The number of esters is 1. The van der Waals surface area contributed by atoms with Gasteiger partial charge in [0.15, 0.2) is 0 Å². The molecule has 1 fully saturated rings. The molecule has 0 amide bonds. The first-order valence-corrected chi connectivity index (χ1v) is 7.50. The lowest BCUT2D eigenvalue weighted by atomic mass is 10.2. The smallest absolute Gasteiger partial charge is 0.350 e. The van der Waals surface area contributed by atoms with Crippen molar-refractivity contribution in [2.45, 2.75) is 19.6 Å². The number of ether oxygens (including phenoxy) is 2. The topological polar surface area (TPSA) is 63.7 Å². The summed E-state index contributed by atoms with van der Waals surface area (Å²) in [4.78, 5) is 19.3. The average Bonchev–Trinajstić information content (AvgIpc) is 2.91. The third-order valence-corrected chi connectivity index (χ3v) is 4.67. The number of hydrogen-bond donors (Lipinski definition) is 1. The minimum absolute atomic E-state index is 0.205. The Morgan fingerprint density at radius 3 is 2.75 bits per heavy atom. The average molecular weight is 299 g/mol. The highest BCUT2D eigenvalue weighted by atomic mass is 32.1. The summed E-state index contributed by atoms with van der Waals surface area (Å²) in [5.41, 5.74) is 0.668. The van der Waals surface area contributed by atoms with Crippen LogP contribution in [0.2, 0.25) is 0 Å². The predicted octanol–water partition coefficient (Wildman–Crippen LogP) is 1.04. The van der Waals surface area contributed by atoms with Crippen molar-refractivity contribution in [3.8, 4) is 0 Å². The van der Waals surface area contributed by atoms with Crippen molar-refractivity contribution in [3.05, 3.63) is 15.6 Å². The van der Waals surface area contributed by atoms with Crippen LogP contribution in [0.5, 0.6) is 0 Å². The Bertz CT molecular complexity index is 458. The summed E-state index contributed by atoms with van der Waals surface area (Å²) in [6.45, 7) is 6.42. The maximum Gasteiger partial charge on any atom is 0.350 e. The maximum absolute atomic E-state index is 11.8. The number of aromatic nitrogens is 1. The summed E-state index contributed by atoms with van der Waals surface area (Å²) in [6, 6.07) is 0.205. The van der Waals surface area contributed by atoms with Gasteiger partial charge in [-0.05, 0) is 6.92 Å². The van der Waals surface area contributed by atoms with Crippen molar-refractivity contribution in [2.75, 3.05) is 40.4 Å². The van der Waals surface area contributed by atoms with Crippen LogP contribution in [-0.2, 0) is 16.1 Å². The van der Waals surface area contributed by atoms with Gasteiger partial charge in [-0.1, -0.05) is 0 Å². The van der Waals surface area contributed by atoms with Crippen LogP contribution >= 0.6 is 11.3 Å². The zero-order valence-electron chi connectivity index (χ0n) is 12.1. The third-order valence-electron chi connectivity index (χ3n) is 3.42. The highest BCUT2D eigenvalue weighted by Gasteiger charge is 2.25. The summed E-state index contributed by atoms with van der Waals surface area (Å²) in [7, 11) is 2.98. The van der Waals surface area contributed by atoms with Crippen molar-refractivity contribution >= 4 is 17.3 Å². The second-order valence-corrected chi connectivity index (χ2v) is 5.75. The first-order valence-electron chi connectivity index (χ1n) is 6.69. The number of carbonyl (C=O) groups excluding carboxylic acids is 1.